The Morgan fingerprint density at radius 3 is 2.45 bits per heavy atom. The lowest BCUT2D eigenvalue weighted by molar-refractivity contribution is 0.0691. The van der Waals surface area contributed by atoms with Gasteiger partial charge in [-0.3, -0.25) is 4.99 Å². The SMILES string of the molecule is C/C=C\C=NC.CCCC1(CC#N)CN(S(=O)CC)C1. The van der Waals surface area contributed by atoms with Crippen LogP contribution in [0.3, 0.4) is 0 Å². The molecule has 0 bridgehead atoms. The Morgan fingerprint density at radius 2 is 2.10 bits per heavy atom. The lowest BCUT2D eigenvalue weighted by Gasteiger charge is -2.48. The van der Waals surface area contributed by atoms with E-state index in [4.69, 9.17) is 5.26 Å². The largest absolute Gasteiger partial charge is 0.297 e. The molecule has 0 N–H and O–H groups in total. The number of rotatable bonds is 6. The van der Waals surface area contributed by atoms with Gasteiger partial charge in [-0.05, 0) is 19.4 Å². The maximum absolute atomic E-state index is 11.4. The summed E-state index contributed by atoms with van der Waals surface area (Å²) in [5, 5.41) is 8.73. The van der Waals surface area contributed by atoms with E-state index in [-0.39, 0.29) is 5.41 Å². The van der Waals surface area contributed by atoms with E-state index in [0.29, 0.717) is 12.2 Å². The number of nitrogens with zero attached hydrogens (tertiary/aromatic N) is 3. The van der Waals surface area contributed by atoms with Crippen LogP contribution in [0.25, 0.3) is 0 Å². The second-order valence-electron chi connectivity index (χ2n) is 4.93. The summed E-state index contributed by atoms with van der Waals surface area (Å²) < 4.78 is 13.4. The molecule has 1 atom stereocenters. The molecule has 1 heterocycles. The first-order chi connectivity index (χ1) is 9.59. The van der Waals surface area contributed by atoms with Crippen LogP contribution >= 0.6 is 0 Å². The van der Waals surface area contributed by atoms with Gasteiger partial charge in [0.2, 0.25) is 0 Å². The molecule has 1 rings (SSSR count). The van der Waals surface area contributed by atoms with Crippen LogP contribution in [-0.4, -0.2) is 40.6 Å². The number of allylic oxidation sites excluding steroid dienone is 2. The van der Waals surface area contributed by atoms with Crippen LogP contribution in [-0.2, 0) is 11.0 Å². The van der Waals surface area contributed by atoms with E-state index in [1.807, 2.05) is 30.3 Å². The van der Waals surface area contributed by atoms with E-state index in [2.05, 4.69) is 18.0 Å². The quantitative estimate of drug-likeness (QED) is 0.708. The minimum absolute atomic E-state index is 0.147. The monoisotopic (exact) mass is 297 g/mol. The molecule has 0 saturated carbocycles. The third-order valence-corrected chi connectivity index (χ3v) is 4.55. The highest BCUT2D eigenvalue weighted by Crippen LogP contribution is 2.38. The van der Waals surface area contributed by atoms with Crippen molar-refractivity contribution < 1.29 is 4.21 Å². The van der Waals surface area contributed by atoms with Gasteiger partial charge in [-0.2, -0.15) is 5.26 Å². The molecular weight excluding hydrogens is 270 g/mol. The molecule has 114 valence electrons. The van der Waals surface area contributed by atoms with E-state index in [0.717, 1.165) is 25.9 Å². The summed E-state index contributed by atoms with van der Waals surface area (Å²) in [5.74, 6) is 0.689. The van der Waals surface area contributed by atoms with Gasteiger partial charge in [-0.25, -0.2) is 8.51 Å². The van der Waals surface area contributed by atoms with E-state index in [1.165, 1.54) is 0 Å². The Kier molecular flexibility index (Phi) is 10.2. The molecule has 0 aromatic heterocycles. The molecule has 0 amide bonds. The van der Waals surface area contributed by atoms with Gasteiger partial charge in [0, 0.05) is 43.9 Å². The Hall–Kier alpha value is -0.990. The van der Waals surface area contributed by atoms with Crippen molar-refractivity contribution in [2.75, 3.05) is 25.9 Å². The van der Waals surface area contributed by atoms with Crippen molar-refractivity contribution in [1.29, 1.82) is 5.26 Å². The zero-order chi connectivity index (χ0) is 15.4. The van der Waals surface area contributed by atoms with Crippen LogP contribution in [0.4, 0.5) is 0 Å². The Morgan fingerprint density at radius 1 is 1.45 bits per heavy atom. The number of hydrogen-bond acceptors (Lipinski definition) is 3. The first-order valence-corrected chi connectivity index (χ1v) is 8.40. The molecule has 1 saturated heterocycles. The van der Waals surface area contributed by atoms with Crippen molar-refractivity contribution in [2.45, 2.75) is 40.0 Å². The smallest absolute Gasteiger partial charge is 0.0940 e. The molecule has 1 unspecified atom stereocenters. The van der Waals surface area contributed by atoms with Gasteiger partial charge in [0.1, 0.15) is 0 Å². The van der Waals surface area contributed by atoms with Gasteiger partial charge in [-0.1, -0.05) is 26.3 Å². The van der Waals surface area contributed by atoms with Crippen LogP contribution in [0.1, 0.15) is 40.0 Å². The number of hydrogen-bond donors (Lipinski definition) is 0. The third kappa shape index (κ3) is 6.44. The Balaban J connectivity index is 0.000000511. The molecule has 0 spiro atoms. The summed E-state index contributed by atoms with van der Waals surface area (Å²) >= 11 is 0. The van der Waals surface area contributed by atoms with E-state index in [1.54, 1.807) is 13.3 Å². The lowest BCUT2D eigenvalue weighted by Crippen LogP contribution is -2.56. The average molecular weight is 297 g/mol. The molecular formula is C15H27N3OS. The second-order valence-corrected chi connectivity index (χ2v) is 6.66. The van der Waals surface area contributed by atoms with E-state index in [9.17, 15) is 4.21 Å². The first-order valence-electron chi connectivity index (χ1n) is 7.13. The summed E-state index contributed by atoms with van der Waals surface area (Å²) in [7, 11) is 0.935. The molecule has 1 aliphatic heterocycles. The second kappa shape index (κ2) is 10.8. The summed E-state index contributed by atoms with van der Waals surface area (Å²) in [6, 6.07) is 2.25. The van der Waals surface area contributed by atoms with Crippen molar-refractivity contribution in [3.63, 3.8) is 0 Å². The molecule has 20 heavy (non-hydrogen) atoms. The zero-order valence-electron chi connectivity index (χ0n) is 13.1. The van der Waals surface area contributed by atoms with Crippen molar-refractivity contribution in [3.05, 3.63) is 12.2 Å². The van der Waals surface area contributed by atoms with Gasteiger partial charge in [0.25, 0.3) is 0 Å². The highest BCUT2D eigenvalue weighted by molar-refractivity contribution is 7.82. The topological polar surface area (TPSA) is 56.5 Å². The third-order valence-electron chi connectivity index (χ3n) is 3.22. The average Bonchev–Trinajstić information content (AvgIpc) is 2.42. The van der Waals surface area contributed by atoms with Crippen molar-refractivity contribution in [3.8, 4) is 6.07 Å². The maximum atomic E-state index is 11.4. The van der Waals surface area contributed by atoms with Gasteiger partial charge in [0.15, 0.2) is 0 Å². The molecule has 1 fully saturated rings. The van der Waals surface area contributed by atoms with E-state index < -0.39 is 11.0 Å². The fourth-order valence-corrected chi connectivity index (χ4v) is 3.46. The Labute approximate surface area is 126 Å². The minimum atomic E-state index is -0.815. The summed E-state index contributed by atoms with van der Waals surface area (Å²) in [6.07, 6.45) is 8.37. The highest BCUT2D eigenvalue weighted by Gasteiger charge is 2.43. The summed E-state index contributed by atoms with van der Waals surface area (Å²) in [5.41, 5.74) is 0.147. The molecule has 4 nitrogen and oxygen atoms in total. The van der Waals surface area contributed by atoms with Crippen LogP contribution in [0.2, 0.25) is 0 Å². The molecule has 0 aliphatic carbocycles. The molecule has 0 radical (unpaired) electrons. The van der Waals surface area contributed by atoms with Crippen LogP contribution < -0.4 is 0 Å². The first kappa shape index (κ1) is 19.0. The Bertz CT molecular complexity index is 369. The normalized spacial score (nSPS) is 19.1. The number of aliphatic imine (C=N–C) groups is 1. The maximum Gasteiger partial charge on any atom is 0.0940 e. The zero-order valence-corrected chi connectivity index (χ0v) is 13.9. The minimum Gasteiger partial charge on any atom is -0.297 e. The molecule has 0 aromatic rings. The molecule has 1 aliphatic rings. The fourth-order valence-electron chi connectivity index (χ4n) is 2.26. The van der Waals surface area contributed by atoms with Crippen LogP contribution in [0.15, 0.2) is 17.1 Å². The summed E-state index contributed by atoms with van der Waals surface area (Å²) in [4.78, 5) is 3.71. The predicted octanol–water partition coefficient (Wildman–Crippen LogP) is 2.95. The predicted molar refractivity (Wildman–Crippen MR) is 87.1 cm³/mol. The number of nitriles is 1. The van der Waals surface area contributed by atoms with Crippen molar-refractivity contribution in [2.24, 2.45) is 10.4 Å². The van der Waals surface area contributed by atoms with Gasteiger partial charge < -0.3 is 0 Å². The van der Waals surface area contributed by atoms with Crippen molar-refractivity contribution in [1.82, 2.24) is 4.31 Å². The lowest BCUT2D eigenvalue weighted by atomic mass is 9.75. The van der Waals surface area contributed by atoms with Gasteiger partial charge in [0.05, 0.1) is 17.1 Å². The van der Waals surface area contributed by atoms with Crippen LogP contribution in [0, 0.1) is 16.7 Å². The molecule has 0 aromatic carbocycles. The van der Waals surface area contributed by atoms with Crippen molar-refractivity contribution >= 4 is 17.2 Å². The molecule has 5 heteroatoms. The van der Waals surface area contributed by atoms with Crippen LogP contribution in [0.5, 0.6) is 0 Å². The van der Waals surface area contributed by atoms with E-state index >= 15 is 0 Å². The fraction of sp³-hybridized carbons (Fsp3) is 0.733. The van der Waals surface area contributed by atoms with Gasteiger partial charge in [-0.15, -0.1) is 0 Å². The standard InChI is InChI=1S/C10H18N2OS.C5H9N/c1-3-5-10(6-7-11)8-12(9-10)14(13)4-2;1-3-4-5-6-2/h3-6,8-9H2,1-2H3;3-5H,1-2H3/b;4-3-,6-5?. The van der Waals surface area contributed by atoms with Gasteiger partial charge >= 0.3 is 0 Å². The summed E-state index contributed by atoms with van der Waals surface area (Å²) in [6.45, 7) is 7.71. The highest BCUT2D eigenvalue weighted by atomic mass is 32.2.